The lowest BCUT2D eigenvalue weighted by molar-refractivity contribution is -0.137. The van der Waals surface area contributed by atoms with E-state index < -0.39 is 23.9 Å². The van der Waals surface area contributed by atoms with Gasteiger partial charge in [0.1, 0.15) is 28.7 Å². The van der Waals surface area contributed by atoms with Crippen molar-refractivity contribution in [2.24, 2.45) is 0 Å². The molecule has 0 fully saturated rings. The van der Waals surface area contributed by atoms with Crippen molar-refractivity contribution in [1.82, 2.24) is 6.15 Å². The summed E-state index contributed by atoms with van der Waals surface area (Å²) >= 11 is 0. The first-order valence-electron chi connectivity index (χ1n) is 18.9. The Balaban J connectivity index is 0.00000720. The van der Waals surface area contributed by atoms with Crippen LogP contribution < -0.4 is 29.8 Å². The van der Waals surface area contributed by atoms with Gasteiger partial charge in [-0.1, -0.05) is 63.3 Å². The molecule has 5 aromatic rings. The summed E-state index contributed by atoms with van der Waals surface area (Å²) in [7, 11) is 0. The number of esters is 3. The third-order valence-electron chi connectivity index (χ3n) is 8.76. The van der Waals surface area contributed by atoms with Crippen LogP contribution >= 0.6 is 0 Å². The number of quaternary nitrogens is 1. The maximum Gasteiger partial charge on any atom is 0.343 e. The van der Waals surface area contributed by atoms with Gasteiger partial charge in [-0.25, -0.2) is 14.4 Å². The quantitative estimate of drug-likeness (QED) is 0.0415. The third kappa shape index (κ3) is 14.3. The van der Waals surface area contributed by atoms with Crippen LogP contribution in [0, 0.1) is 0 Å². The number of rotatable bonds is 21. The van der Waals surface area contributed by atoms with E-state index in [9.17, 15) is 19.2 Å². The lowest BCUT2D eigenvalue weighted by atomic mass is 10.1. The predicted octanol–water partition coefficient (Wildman–Crippen LogP) is 10.8. The van der Waals surface area contributed by atoms with Crippen molar-refractivity contribution in [1.29, 1.82) is 0 Å². The molecule has 0 unspecified atom stereocenters. The highest BCUT2D eigenvalue weighted by Crippen LogP contribution is 2.26. The number of hydrogen-bond donors (Lipinski definition) is 2. The highest BCUT2D eigenvalue weighted by atomic mass is 16.5. The van der Waals surface area contributed by atoms with Crippen LogP contribution in [0.4, 0.5) is 0 Å². The summed E-state index contributed by atoms with van der Waals surface area (Å²) < 4.78 is 28.0. The van der Waals surface area contributed by atoms with E-state index in [1.165, 1.54) is 37.8 Å². The summed E-state index contributed by atoms with van der Waals surface area (Å²) in [6, 6.07) is 33.6. The zero-order valence-electron chi connectivity index (χ0n) is 32.4. The highest BCUT2D eigenvalue weighted by molar-refractivity contribution is 5.93. The molecule has 0 amide bonds. The minimum Gasteiger partial charge on any atom is -0.494 e. The number of unbranched alkanes of at least 4 members (excludes halogenated alkanes) is 6. The Morgan fingerprint density at radius 1 is 0.421 bits per heavy atom. The number of carbonyl (C=O) groups is 4. The topological polar surface area (TPSA) is 171 Å². The van der Waals surface area contributed by atoms with Crippen molar-refractivity contribution in [3.63, 3.8) is 0 Å². The molecule has 0 aliphatic carbocycles. The molecule has 0 saturated heterocycles. The Kier molecular flexibility index (Phi) is 17.3. The Bertz CT molecular complexity index is 2010. The van der Waals surface area contributed by atoms with E-state index in [1.54, 1.807) is 84.9 Å². The van der Waals surface area contributed by atoms with E-state index in [0.717, 1.165) is 24.0 Å². The number of carboxylic acids is 1. The van der Waals surface area contributed by atoms with E-state index >= 15 is 0 Å². The SMILES string of the molecule is CCCCCCCCOc1ccc(C(=O)Oc2ccc(C(=O)Oc3ccc(-c4ccc(OC(=O)c5ccc(OCCCCC(=O)O)cc5)cc4)cc3)cc2)cc1.[NH4+]. The van der Waals surface area contributed by atoms with Crippen LogP contribution in [-0.4, -0.2) is 42.2 Å². The maximum atomic E-state index is 12.8. The molecule has 0 aliphatic heterocycles. The Hall–Kier alpha value is -6.46. The normalized spacial score (nSPS) is 10.5. The van der Waals surface area contributed by atoms with Gasteiger partial charge in [0, 0.05) is 6.42 Å². The molecule has 0 aromatic heterocycles. The summed E-state index contributed by atoms with van der Waals surface area (Å²) in [5, 5.41) is 8.71. The summed E-state index contributed by atoms with van der Waals surface area (Å²) in [4.78, 5) is 48.8. The van der Waals surface area contributed by atoms with Gasteiger partial charge in [-0.2, -0.15) is 0 Å². The largest absolute Gasteiger partial charge is 0.494 e. The number of hydrogen-bond acceptors (Lipinski definition) is 9. The van der Waals surface area contributed by atoms with Crippen molar-refractivity contribution < 1.29 is 48.0 Å². The van der Waals surface area contributed by atoms with Gasteiger partial charge in [-0.3, -0.25) is 4.79 Å². The second kappa shape index (κ2) is 22.8. The van der Waals surface area contributed by atoms with E-state index in [0.29, 0.717) is 71.5 Å². The van der Waals surface area contributed by atoms with Gasteiger partial charge in [-0.15, -0.1) is 0 Å². The third-order valence-corrected chi connectivity index (χ3v) is 8.76. The molecule has 11 heteroatoms. The first-order chi connectivity index (χ1) is 27.3. The lowest BCUT2D eigenvalue weighted by Gasteiger charge is -2.09. The fourth-order valence-electron chi connectivity index (χ4n) is 5.60. The Labute approximate surface area is 333 Å². The smallest absolute Gasteiger partial charge is 0.343 e. The Morgan fingerprint density at radius 2 is 0.737 bits per heavy atom. The van der Waals surface area contributed by atoms with Crippen molar-refractivity contribution >= 4 is 23.9 Å². The fourth-order valence-corrected chi connectivity index (χ4v) is 5.60. The van der Waals surface area contributed by atoms with Crippen LogP contribution in [0.1, 0.15) is 95.8 Å². The van der Waals surface area contributed by atoms with E-state index in [4.69, 9.17) is 28.8 Å². The molecule has 57 heavy (non-hydrogen) atoms. The molecular weight excluding hydrogens is 727 g/mol. The lowest BCUT2D eigenvalue weighted by Crippen LogP contribution is -2.10. The first-order valence-corrected chi connectivity index (χ1v) is 18.9. The summed E-state index contributed by atoms with van der Waals surface area (Å²) in [5.41, 5.74) is 2.77. The molecule has 0 aliphatic rings. The summed E-state index contributed by atoms with van der Waals surface area (Å²) in [5.74, 6) is -0.108. The number of aliphatic carboxylic acids is 1. The van der Waals surface area contributed by atoms with Crippen molar-refractivity contribution in [3.8, 4) is 39.9 Å². The standard InChI is InChI=1S/C46H46O10.H3N/c1-2-3-4-5-6-8-31-52-38-21-15-36(16-22-38)45(50)56-42-29-19-37(20-30-42)46(51)55-41-27-13-34(14-28-41)33-11-25-40(26-12-33)54-44(49)35-17-23-39(24-18-35)53-32-9-7-10-43(47)48;/h11-30H,2-10,31-32H2,1H3,(H,47,48);1H3/p+1. The van der Waals surface area contributed by atoms with Crippen LogP contribution in [0.5, 0.6) is 28.7 Å². The van der Waals surface area contributed by atoms with E-state index in [1.807, 2.05) is 24.3 Å². The monoisotopic (exact) mass is 776 g/mol. The molecule has 0 heterocycles. The second-order valence-corrected chi connectivity index (χ2v) is 13.1. The molecule has 0 radical (unpaired) electrons. The molecule has 5 aromatic carbocycles. The van der Waals surface area contributed by atoms with Crippen LogP contribution in [0.15, 0.2) is 121 Å². The van der Waals surface area contributed by atoms with Crippen LogP contribution in [0.3, 0.4) is 0 Å². The molecule has 0 atom stereocenters. The van der Waals surface area contributed by atoms with Gasteiger partial charge in [-0.05, 0) is 127 Å². The van der Waals surface area contributed by atoms with Crippen LogP contribution in [0.2, 0.25) is 0 Å². The number of carboxylic acid groups (broad SMARTS) is 1. The molecule has 0 bridgehead atoms. The number of benzene rings is 5. The van der Waals surface area contributed by atoms with Gasteiger partial charge >= 0.3 is 23.9 Å². The van der Waals surface area contributed by atoms with Gasteiger partial charge in [0.2, 0.25) is 0 Å². The average Bonchev–Trinajstić information content (AvgIpc) is 3.21. The average molecular weight is 777 g/mol. The zero-order valence-corrected chi connectivity index (χ0v) is 32.4. The minimum absolute atomic E-state index is 0. The van der Waals surface area contributed by atoms with Gasteiger partial charge in [0.25, 0.3) is 0 Å². The molecular formula is C46H50NO10+. The number of ether oxygens (including phenoxy) is 5. The molecule has 5 rings (SSSR count). The van der Waals surface area contributed by atoms with Crippen LogP contribution in [0.25, 0.3) is 11.1 Å². The van der Waals surface area contributed by atoms with Crippen molar-refractivity contribution in [2.75, 3.05) is 13.2 Å². The van der Waals surface area contributed by atoms with Crippen molar-refractivity contribution in [3.05, 3.63) is 138 Å². The summed E-state index contributed by atoms with van der Waals surface area (Å²) in [6.07, 6.45) is 8.39. The minimum atomic E-state index is -0.830. The molecule has 5 N–H and O–H groups in total. The number of carbonyl (C=O) groups excluding carboxylic acids is 3. The van der Waals surface area contributed by atoms with Gasteiger partial charge in [0.15, 0.2) is 0 Å². The van der Waals surface area contributed by atoms with Gasteiger partial charge in [0.05, 0.1) is 29.9 Å². The van der Waals surface area contributed by atoms with Crippen LogP contribution in [-0.2, 0) is 4.79 Å². The molecule has 0 saturated carbocycles. The highest BCUT2D eigenvalue weighted by Gasteiger charge is 2.13. The fraction of sp³-hybridized carbons (Fsp3) is 0.261. The van der Waals surface area contributed by atoms with Gasteiger partial charge < -0.3 is 34.9 Å². The van der Waals surface area contributed by atoms with Crippen molar-refractivity contribution in [2.45, 2.75) is 64.7 Å². The zero-order chi connectivity index (χ0) is 39.5. The van der Waals surface area contributed by atoms with E-state index in [-0.39, 0.29) is 12.6 Å². The maximum absolute atomic E-state index is 12.8. The van der Waals surface area contributed by atoms with E-state index in [2.05, 4.69) is 6.92 Å². The Morgan fingerprint density at radius 3 is 1.11 bits per heavy atom. The molecule has 11 nitrogen and oxygen atoms in total. The molecule has 298 valence electrons. The second-order valence-electron chi connectivity index (χ2n) is 13.1. The predicted molar refractivity (Wildman–Crippen MR) is 218 cm³/mol. The molecule has 0 spiro atoms. The first kappa shape index (κ1) is 43.3. The summed E-state index contributed by atoms with van der Waals surface area (Å²) in [6.45, 7) is 3.24.